The van der Waals surface area contributed by atoms with E-state index in [0.29, 0.717) is 0 Å². The summed E-state index contributed by atoms with van der Waals surface area (Å²) in [6.45, 7) is 6.15. The molecule has 0 saturated heterocycles. The Morgan fingerprint density at radius 1 is 1.15 bits per heavy atom. The van der Waals surface area contributed by atoms with Crippen molar-refractivity contribution >= 4 is 11.6 Å². The zero-order valence-corrected chi connectivity index (χ0v) is 13.0. The van der Waals surface area contributed by atoms with Crippen LogP contribution in [0.5, 0.6) is 0 Å². The van der Waals surface area contributed by atoms with Gasteiger partial charge in [-0.15, -0.1) is 0 Å². The lowest BCUT2D eigenvalue weighted by Crippen LogP contribution is -2.47. The van der Waals surface area contributed by atoms with Crippen molar-refractivity contribution in [2.45, 2.75) is 64.8 Å². The van der Waals surface area contributed by atoms with Crippen LogP contribution < -0.4 is 11.1 Å². The number of nitrogens with one attached hydrogen (secondary N) is 1. The van der Waals surface area contributed by atoms with Gasteiger partial charge in [0.1, 0.15) is 5.54 Å². The van der Waals surface area contributed by atoms with Gasteiger partial charge in [0.05, 0.1) is 0 Å². The van der Waals surface area contributed by atoms with Gasteiger partial charge < -0.3 is 11.1 Å². The average Bonchev–Trinajstić information content (AvgIpc) is 2.41. The number of carbonyl (C=O) groups excluding carboxylic acids is 1. The number of rotatable bonds is 9. The molecule has 1 aromatic rings. The maximum atomic E-state index is 11.8. The molecule has 0 aliphatic rings. The van der Waals surface area contributed by atoms with Crippen LogP contribution in [-0.4, -0.2) is 11.4 Å². The van der Waals surface area contributed by atoms with Crippen molar-refractivity contribution in [1.82, 2.24) is 0 Å². The van der Waals surface area contributed by atoms with Crippen LogP contribution in [0.4, 0.5) is 5.69 Å². The molecule has 1 rings (SSSR count). The third-order valence-corrected chi connectivity index (χ3v) is 3.80. The van der Waals surface area contributed by atoms with Gasteiger partial charge in [0.15, 0.2) is 0 Å². The molecule has 0 fully saturated rings. The molecular formula is C17H28N2O. The highest BCUT2D eigenvalue weighted by atomic mass is 16.1. The van der Waals surface area contributed by atoms with Gasteiger partial charge in [-0.25, -0.2) is 0 Å². The monoisotopic (exact) mass is 276 g/mol. The normalized spacial score (nSPS) is 13.8. The summed E-state index contributed by atoms with van der Waals surface area (Å²) in [7, 11) is 0. The molecule has 0 radical (unpaired) electrons. The van der Waals surface area contributed by atoms with Crippen LogP contribution in [0.3, 0.4) is 0 Å². The van der Waals surface area contributed by atoms with Gasteiger partial charge >= 0.3 is 0 Å². The minimum atomic E-state index is -0.665. The van der Waals surface area contributed by atoms with Gasteiger partial charge in [0, 0.05) is 5.69 Å². The Hall–Kier alpha value is -1.51. The lowest BCUT2D eigenvalue weighted by molar-refractivity contribution is -0.122. The molecule has 1 amide bonds. The van der Waals surface area contributed by atoms with E-state index in [-0.39, 0.29) is 5.91 Å². The second-order valence-corrected chi connectivity index (χ2v) is 5.85. The Kier molecular flexibility index (Phi) is 6.56. The predicted molar refractivity (Wildman–Crippen MR) is 85.8 cm³/mol. The van der Waals surface area contributed by atoms with Crippen LogP contribution >= 0.6 is 0 Å². The Bertz CT molecular complexity index is 414. The first-order valence-corrected chi connectivity index (χ1v) is 7.62. The van der Waals surface area contributed by atoms with Crippen molar-refractivity contribution in [2.75, 3.05) is 5.32 Å². The summed E-state index contributed by atoms with van der Waals surface area (Å²) >= 11 is 0. The first-order chi connectivity index (χ1) is 9.48. The van der Waals surface area contributed by atoms with Crippen molar-refractivity contribution < 1.29 is 4.79 Å². The smallest absolute Gasteiger partial charge is 0.242 e. The first kappa shape index (κ1) is 16.5. The maximum absolute atomic E-state index is 11.8. The standard InChI is InChI=1S/C17H28N2O/c1-4-5-6-7-8-13-17(3,16(18)20)19-15-11-9-14(2)10-12-15/h9-12,19H,4-8,13H2,1-3H3,(H2,18,20). The minimum Gasteiger partial charge on any atom is -0.371 e. The van der Waals surface area contributed by atoms with Crippen LogP contribution in [0, 0.1) is 6.92 Å². The zero-order chi connectivity index (χ0) is 15.0. The largest absolute Gasteiger partial charge is 0.371 e. The number of hydrogen-bond acceptors (Lipinski definition) is 2. The van der Waals surface area contributed by atoms with Gasteiger partial charge in [-0.05, 0) is 32.4 Å². The molecule has 1 atom stereocenters. The number of primary amides is 1. The molecule has 0 saturated carbocycles. The number of amides is 1. The quantitative estimate of drug-likeness (QED) is 0.669. The molecule has 3 nitrogen and oxygen atoms in total. The molecule has 3 N–H and O–H groups in total. The van der Waals surface area contributed by atoms with Gasteiger partial charge in [0.25, 0.3) is 0 Å². The van der Waals surface area contributed by atoms with E-state index in [1.54, 1.807) is 0 Å². The molecule has 112 valence electrons. The zero-order valence-electron chi connectivity index (χ0n) is 13.0. The van der Waals surface area contributed by atoms with Crippen LogP contribution in [0.2, 0.25) is 0 Å². The summed E-state index contributed by atoms with van der Waals surface area (Å²) in [6, 6.07) is 8.05. The number of hydrogen-bond donors (Lipinski definition) is 2. The van der Waals surface area contributed by atoms with Gasteiger partial charge in [-0.1, -0.05) is 56.7 Å². The van der Waals surface area contributed by atoms with E-state index in [9.17, 15) is 4.79 Å². The van der Waals surface area contributed by atoms with E-state index in [1.807, 2.05) is 38.1 Å². The number of aryl methyl sites for hydroxylation is 1. The highest BCUT2D eigenvalue weighted by Crippen LogP contribution is 2.22. The van der Waals surface area contributed by atoms with Gasteiger partial charge in [0.2, 0.25) is 5.91 Å². The molecule has 0 aliphatic carbocycles. The number of carbonyl (C=O) groups is 1. The van der Waals surface area contributed by atoms with E-state index in [4.69, 9.17) is 5.73 Å². The maximum Gasteiger partial charge on any atom is 0.242 e. The van der Waals surface area contributed by atoms with E-state index in [2.05, 4.69) is 12.2 Å². The minimum absolute atomic E-state index is 0.284. The molecule has 1 unspecified atom stereocenters. The Morgan fingerprint density at radius 3 is 2.30 bits per heavy atom. The van der Waals surface area contributed by atoms with Crippen LogP contribution in [0.1, 0.15) is 57.9 Å². The molecule has 0 aromatic heterocycles. The summed E-state index contributed by atoms with van der Waals surface area (Å²) in [4.78, 5) is 11.8. The van der Waals surface area contributed by atoms with Gasteiger partial charge in [-0.3, -0.25) is 4.79 Å². The predicted octanol–water partition coefficient (Wildman–Crippen LogP) is 4.01. The van der Waals surface area contributed by atoms with Crippen molar-refractivity contribution in [3.05, 3.63) is 29.8 Å². The van der Waals surface area contributed by atoms with Gasteiger partial charge in [-0.2, -0.15) is 0 Å². The number of nitrogens with two attached hydrogens (primary N) is 1. The van der Waals surface area contributed by atoms with Crippen molar-refractivity contribution in [1.29, 1.82) is 0 Å². The second kappa shape index (κ2) is 7.93. The lowest BCUT2D eigenvalue weighted by Gasteiger charge is -2.28. The SMILES string of the molecule is CCCCCCCC(C)(Nc1ccc(C)cc1)C(N)=O. The number of unbranched alkanes of at least 4 members (excludes halogenated alkanes) is 4. The number of benzene rings is 1. The third-order valence-electron chi connectivity index (χ3n) is 3.80. The molecule has 1 aromatic carbocycles. The fourth-order valence-corrected chi connectivity index (χ4v) is 2.28. The van der Waals surface area contributed by atoms with E-state index in [0.717, 1.165) is 24.9 Å². The van der Waals surface area contributed by atoms with Crippen LogP contribution in [0.15, 0.2) is 24.3 Å². The second-order valence-electron chi connectivity index (χ2n) is 5.85. The summed E-state index contributed by atoms with van der Waals surface area (Å²) in [5.74, 6) is -0.284. The fraction of sp³-hybridized carbons (Fsp3) is 0.588. The molecule has 0 aliphatic heterocycles. The summed E-state index contributed by atoms with van der Waals surface area (Å²) in [6.07, 6.45) is 6.69. The van der Waals surface area contributed by atoms with Crippen molar-refractivity contribution in [3.8, 4) is 0 Å². The first-order valence-electron chi connectivity index (χ1n) is 7.62. The molecule has 0 bridgehead atoms. The van der Waals surface area contributed by atoms with Crippen LogP contribution in [-0.2, 0) is 4.79 Å². The number of anilines is 1. The Balaban J connectivity index is 2.57. The summed E-state index contributed by atoms with van der Waals surface area (Å²) in [5.41, 5.74) is 7.08. The third kappa shape index (κ3) is 5.24. The topological polar surface area (TPSA) is 55.1 Å². The van der Waals surface area contributed by atoms with Crippen molar-refractivity contribution in [3.63, 3.8) is 0 Å². The molecular weight excluding hydrogens is 248 g/mol. The highest BCUT2D eigenvalue weighted by Gasteiger charge is 2.30. The highest BCUT2D eigenvalue weighted by molar-refractivity contribution is 5.87. The van der Waals surface area contributed by atoms with Crippen LogP contribution in [0.25, 0.3) is 0 Å². The fourth-order valence-electron chi connectivity index (χ4n) is 2.28. The average molecular weight is 276 g/mol. The Morgan fingerprint density at radius 2 is 1.75 bits per heavy atom. The van der Waals surface area contributed by atoms with E-state index >= 15 is 0 Å². The Labute approximate surface area is 122 Å². The lowest BCUT2D eigenvalue weighted by atomic mass is 9.92. The summed E-state index contributed by atoms with van der Waals surface area (Å²) < 4.78 is 0. The summed E-state index contributed by atoms with van der Waals surface area (Å²) in [5, 5.41) is 3.30. The molecule has 0 heterocycles. The molecule has 0 spiro atoms. The molecule has 3 heteroatoms. The van der Waals surface area contributed by atoms with E-state index in [1.165, 1.54) is 24.8 Å². The molecule has 20 heavy (non-hydrogen) atoms. The van der Waals surface area contributed by atoms with Crippen molar-refractivity contribution in [2.24, 2.45) is 5.73 Å². The van der Waals surface area contributed by atoms with E-state index < -0.39 is 5.54 Å².